The van der Waals surface area contributed by atoms with Crippen molar-refractivity contribution >= 4 is 17.6 Å². The molecule has 0 aliphatic carbocycles. The molecule has 1 aromatic carbocycles. The number of aryl methyl sites for hydroxylation is 1. The zero-order valence-corrected chi connectivity index (χ0v) is 10.1. The molecule has 0 atom stereocenters. The third-order valence-corrected chi connectivity index (χ3v) is 2.53. The fraction of sp³-hybridized carbons (Fsp3) is 0.273. The van der Waals surface area contributed by atoms with Gasteiger partial charge in [-0.15, -0.1) is 5.10 Å². The molecule has 0 amide bonds. The largest absolute Gasteiger partial charge is 0.482 e. The van der Waals surface area contributed by atoms with E-state index in [1.54, 1.807) is 0 Å². The highest BCUT2D eigenvalue weighted by Crippen LogP contribution is 2.26. The molecule has 0 saturated carbocycles. The summed E-state index contributed by atoms with van der Waals surface area (Å²) in [5, 5.41) is 7.78. The van der Waals surface area contributed by atoms with E-state index in [9.17, 15) is 0 Å². The Labute approximate surface area is 104 Å². The lowest BCUT2D eigenvalue weighted by molar-refractivity contribution is 0.265. The van der Waals surface area contributed by atoms with Gasteiger partial charge in [-0.2, -0.15) is 0 Å². The Kier molecular flexibility index (Phi) is 3.49. The molecule has 1 aromatic heterocycles. The van der Waals surface area contributed by atoms with Crippen LogP contribution in [0.25, 0.3) is 0 Å². The Hall–Kier alpha value is -1.75. The van der Waals surface area contributed by atoms with Crippen LogP contribution in [0.15, 0.2) is 22.6 Å². The monoisotopic (exact) mass is 253 g/mol. The number of rotatable bonds is 4. The van der Waals surface area contributed by atoms with E-state index >= 15 is 0 Å². The topological polar surface area (TPSA) is 74.2 Å². The van der Waals surface area contributed by atoms with Crippen molar-refractivity contribution in [2.45, 2.75) is 20.0 Å². The van der Waals surface area contributed by atoms with Crippen LogP contribution in [0.1, 0.15) is 18.4 Å². The first-order valence-corrected chi connectivity index (χ1v) is 5.56. The first-order chi connectivity index (χ1) is 8.19. The van der Waals surface area contributed by atoms with Gasteiger partial charge in [-0.1, -0.05) is 29.7 Å². The van der Waals surface area contributed by atoms with E-state index in [0.29, 0.717) is 16.7 Å². The van der Waals surface area contributed by atoms with Crippen LogP contribution < -0.4 is 10.5 Å². The van der Waals surface area contributed by atoms with Crippen LogP contribution >= 0.6 is 11.6 Å². The number of benzene rings is 1. The Morgan fingerprint density at radius 2 is 2.24 bits per heavy atom. The number of halogens is 1. The molecule has 1 heterocycles. The van der Waals surface area contributed by atoms with Gasteiger partial charge < -0.3 is 14.9 Å². The first kappa shape index (κ1) is 11.7. The quantitative estimate of drug-likeness (QED) is 0.906. The van der Waals surface area contributed by atoms with Gasteiger partial charge in [0.25, 0.3) is 5.89 Å². The minimum absolute atomic E-state index is 0.0241. The van der Waals surface area contributed by atoms with Crippen LogP contribution in [-0.2, 0) is 13.0 Å². The Bertz CT molecular complexity index is 513. The Morgan fingerprint density at radius 1 is 1.41 bits per heavy atom. The van der Waals surface area contributed by atoms with Gasteiger partial charge in [-0.3, -0.25) is 0 Å². The highest BCUT2D eigenvalue weighted by atomic mass is 35.5. The number of hydrogen-bond acceptors (Lipinski definition) is 5. The van der Waals surface area contributed by atoms with Gasteiger partial charge in [-0.25, -0.2) is 0 Å². The maximum atomic E-state index is 6.06. The molecule has 0 aliphatic rings. The Balaban J connectivity index is 2.04. The lowest BCUT2D eigenvalue weighted by atomic mass is 10.2. The summed E-state index contributed by atoms with van der Waals surface area (Å²) in [6, 6.07) is 5.68. The Morgan fingerprint density at radius 3 is 2.82 bits per heavy atom. The van der Waals surface area contributed by atoms with Crippen molar-refractivity contribution in [2.75, 3.05) is 5.73 Å². The van der Waals surface area contributed by atoms with E-state index in [1.807, 2.05) is 18.2 Å². The van der Waals surface area contributed by atoms with E-state index in [4.69, 9.17) is 26.5 Å². The van der Waals surface area contributed by atoms with Gasteiger partial charge >= 0.3 is 6.01 Å². The van der Waals surface area contributed by atoms with E-state index in [1.165, 1.54) is 0 Å². The number of aromatic nitrogens is 2. The standard InChI is InChI=1S/C11H12ClN3O2/c1-2-7-3-4-9(8(12)5-7)16-6-10-14-15-11(13)17-10/h3-5H,2,6H2,1H3,(H2,13,15). The average Bonchev–Trinajstić information content (AvgIpc) is 2.73. The molecule has 0 fully saturated rings. The van der Waals surface area contributed by atoms with Gasteiger partial charge in [0.15, 0.2) is 6.61 Å². The summed E-state index contributed by atoms with van der Waals surface area (Å²) in [6.45, 7) is 2.21. The first-order valence-electron chi connectivity index (χ1n) is 5.18. The maximum absolute atomic E-state index is 6.06. The number of nitrogen functional groups attached to an aromatic ring is 1. The highest BCUT2D eigenvalue weighted by Gasteiger charge is 2.06. The molecule has 0 bridgehead atoms. The molecular weight excluding hydrogens is 242 g/mol. The van der Waals surface area contributed by atoms with Crippen LogP contribution in [0.4, 0.5) is 6.01 Å². The summed E-state index contributed by atoms with van der Waals surface area (Å²) in [4.78, 5) is 0. The van der Waals surface area contributed by atoms with E-state index in [-0.39, 0.29) is 12.6 Å². The van der Waals surface area contributed by atoms with Gasteiger partial charge in [0, 0.05) is 0 Å². The van der Waals surface area contributed by atoms with Gasteiger partial charge in [0.1, 0.15) is 5.75 Å². The summed E-state index contributed by atoms with van der Waals surface area (Å²) < 4.78 is 10.4. The van der Waals surface area contributed by atoms with Crippen LogP contribution in [-0.4, -0.2) is 10.2 Å². The molecule has 17 heavy (non-hydrogen) atoms. The molecule has 2 aromatic rings. The minimum atomic E-state index is 0.0241. The molecule has 0 saturated heterocycles. The average molecular weight is 254 g/mol. The number of anilines is 1. The molecule has 0 spiro atoms. The number of ether oxygens (including phenoxy) is 1. The van der Waals surface area contributed by atoms with E-state index in [0.717, 1.165) is 12.0 Å². The molecule has 90 valence electrons. The number of hydrogen-bond donors (Lipinski definition) is 1. The predicted octanol–water partition coefficient (Wildman–Crippen LogP) is 2.45. The van der Waals surface area contributed by atoms with Crippen molar-refractivity contribution in [1.82, 2.24) is 10.2 Å². The van der Waals surface area contributed by atoms with Gasteiger partial charge in [-0.05, 0) is 24.1 Å². The van der Waals surface area contributed by atoms with Gasteiger partial charge in [0.05, 0.1) is 5.02 Å². The number of nitrogens with zero attached hydrogens (tertiary/aromatic N) is 2. The van der Waals surface area contributed by atoms with Crippen molar-refractivity contribution in [3.05, 3.63) is 34.7 Å². The predicted molar refractivity (Wildman–Crippen MR) is 63.9 cm³/mol. The van der Waals surface area contributed by atoms with Crippen LogP contribution in [0.3, 0.4) is 0 Å². The SMILES string of the molecule is CCc1ccc(OCc2nnc(N)o2)c(Cl)c1. The molecule has 2 rings (SSSR count). The van der Waals surface area contributed by atoms with Crippen LogP contribution in [0.2, 0.25) is 5.02 Å². The van der Waals surface area contributed by atoms with Crippen molar-refractivity contribution < 1.29 is 9.15 Å². The number of nitrogens with two attached hydrogens (primary N) is 1. The normalized spacial score (nSPS) is 10.5. The third kappa shape index (κ3) is 2.88. The second kappa shape index (κ2) is 5.05. The van der Waals surface area contributed by atoms with Crippen LogP contribution in [0.5, 0.6) is 5.75 Å². The smallest absolute Gasteiger partial charge is 0.312 e. The fourth-order valence-electron chi connectivity index (χ4n) is 1.35. The molecule has 0 aliphatic heterocycles. The summed E-state index contributed by atoms with van der Waals surface area (Å²) >= 11 is 6.06. The summed E-state index contributed by atoms with van der Waals surface area (Å²) in [7, 11) is 0. The second-order valence-corrected chi connectivity index (χ2v) is 3.85. The summed E-state index contributed by atoms with van der Waals surface area (Å²) in [6.07, 6.45) is 0.931. The lowest BCUT2D eigenvalue weighted by Crippen LogP contribution is -1.96. The summed E-state index contributed by atoms with van der Waals surface area (Å²) in [5.74, 6) is 0.902. The molecule has 6 heteroatoms. The van der Waals surface area contributed by atoms with Crippen LogP contribution in [0, 0.1) is 0 Å². The molecule has 5 nitrogen and oxygen atoms in total. The van der Waals surface area contributed by atoms with E-state index in [2.05, 4.69) is 17.1 Å². The van der Waals surface area contributed by atoms with E-state index < -0.39 is 0 Å². The molecule has 2 N–H and O–H groups in total. The maximum Gasteiger partial charge on any atom is 0.312 e. The van der Waals surface area contributed by atoms with Gasteiger partial charge in [0.2, 0.25) is 0 Å². The van der Waals surface area contributed by atoms with Crippen molar-refractivity contribution in [1.29, 1.82) is 0 Å². The minimum Gasteiger partial charge on any atom is -0.482 e. The van der Waals surface area contributed by atoms with Crippen molar-refractivity contribution in [2.24, 2.45) is 0 Å². The highest BCUT2D eigenvalue weighted by molar-refractivity contribution is 6.32. The zero-order chi connectivity index (χ0) is 12.3. The zero-order valence-electron chi connectivity index (χ0n) is 9.31. The lowest BCUT2D eigenvalue weighted by Gasteiger charge is -2.06. The molecule has 0 radical (unpaired) electrons. The summed E-state index contributed by atoms with van der Waals surface area (Å²) in [5.41, 5.74) is 6.45. The van der Waals surface area contributed by atoms with Crippen molar-refractivity contribution in [3.8, 4) is 5.75 Å². The molecule has 0 unspecified atom stereocenters. The second-order valence-electron chi connectivity index (χ2n) is 3.44. The third-order valence-electron chi connectivity index (χ3n) is 2.24. The fourth-order valence-corrected chi connectivity index (χ4v) is 1.60. The van der Waals surface area contributed by atoms with Crippen molar-refractivity contribution in [3.63, 3.8) is 0 Å². The molecular formula is C11H12ClN3O2.